The van der Waals surface area contributed by atoms with Crippen molar-refractivity contribution in [2.75, 3.05) is 37.6 Å². The van der Waals surface area contributed by atoms with Gasteiger partial charge >= 0.3 is 0 Å². The molecule has 2 N–H and O–H groups in total. The number of hydrogen-bond donors (Lipinski definition) is 1. The largest absolute Gasteiger partial charge is 0.354 e. The van der Waals surface area contributed by atoms with Crippen molar-refractivity contribution in [3.05, 3.63) is 23.9 Å². The van der Waals surface area contributed by atoms with Crippen LogP contribution in [0.15, 0.2) is 18.2 Å². The number of rotatable bonds is 3. The average Bonchev–Trinajstić information content (AvgIpc) is 2.39. The van der Waals surface area contributed by atoms with E-state index in [1.165, 1.54) is 0 Å². The van der Waals surface area contributed by atoms with Gasteiger partial charge in [-0.15, -0.1) is 0 Å². The second kappa shape index (κ2) is 5.27. The summed E-state index contributed by atoms with van der Waals surface area (Å²) in [5, 5.41) is 0. The van der Waals surface area contributed by atoms with Gasteiger partial charge in [-0.2, -0.15) is 0 Å². The van der Waals surface area contributed by atoms with E-state index in [0.29, 0.717) is 6.54 Å². The molecule has 1 aliphatic rings. The lowest BCUT2D eigenvalue weighted by Crippen LogP contribution is -2.46. The van der Waals surface area contributed by atoms with Crippen LogP contribution in [0.1, 0.15) is 12.6 Å². The number of piperazine rings is 1. The molecule has 16 heavy (non-hydrogen) atoms. The van der Waals surface area contributed by atoms with Crippen LogP contribution in [-0.2, 0) is 6.54 Å². The minimum absolute atomic E-state index is 0.517. The minimum Gasteiger partial charge on any atom is -0.354 e. The molecule has 4 heteroatoms. The summed E-state index contributed by atoms with van der Waals surface area (Å²) in [5.74, 6) is 1.07. The Labute approximate surface area is 97.1 Å². The van der Waals surface area contributed by atoms with Crippen LogP contribution in [0.3, 0.4) is 0 Å². The van der Waals surface area contributed by atoms with Crippen LogP contribution in [0.2, 0.25) is 0 Å². The van der Waals surface area contributed by atoms with Gasteiger partial charge in [0.15, 0.2) is 0 Å². The molecule has 88 valence electrons. The summed E-state index contributed by atoms with van der Waals surface area (Å²) in [4.78, 5) is 9.35. The summed E-state index contributed by atoms with van der Waals surface area (Å²) < 4.78 is 0. The quantitative estimate of drug-likeness (QED) is 0.814. The maximum atomic E-state index is 5.60. The van der Waals surface area contributed by atoms with Crippen LogP contribution in [0.5, 0.6) is 0 Å². The number of anilines is 1. The molecular weight excluding hydrogens is 200 g/mol. The molecule has 0 saturated carbocycles. The van der Waals surface area contributed by atoms with E-state index in [4.69, 9.17) is 5.73 Å². The zero-order chi connectivity index (χ0) is 11.4. The highest BCUT2D eigenvalue weighted by Gasteiger charge is 2.16. The number of hydrogen-bond acceptors (Lipinski definition) is 4. The Bertz CT molecular complexity index is 332. The van der Waals surface area contributed by atoms with E-state index < -0.39 is 0 Å². The second-order valence-corrected chi connectivity index (χ2v) is 4.11. The van der Waals surface area contributed by atoms with Crippen LogP contribution in [0, 0.1) is 0 Å². The third-order valence-electron chi connectivity index (χ3n) is 3.14. The Balaban J connectivity index is 2.02. The zero-order valence-corrected chi connectivity index (χ0v) is 9.89. The topological polar surface area (TPSA) is 45.4 Å². The van der Waals surface area contributed by atoms with Crippen LogP contribution in [-0.4, -0.2) is 42.6 Å². The molecule has 2 heterocycles. The maximum Gasteiger partial charge on any atom is 0.128 e. The van der Waals surface area contributed by atoms with Gasteiger partial charge in [0.2, 0.25) is 0 Å². The smallest absolute Gasteiger partial charge is 0.128 e. The van der Waals surface area contributed by atoms with Crippen LogP contribution >= 0.6 is 0 Å². The van der Waals surface area contributed by atoms with Crippen molar-refractivity contribution in [2.45, 2.75) is 13.5 Å². The SMILES string of the molecule is CCN1CCN(c2cccc(CN)n2)CC1. The lowest BCUT2D eigenvalue weighted by molar-refractivity contribution is 0.270. The normalized spacial score (nSPS) is 17.8. The van der Waals surface area contributed by atoms with Gasteiger partial charge in [-0.1, -0.05) is 13.0 Å². The minimum atomic E-state index is 0.517. The van der Waals surface area contributed by atoms with E-state index in [0.717, 1.165) is 44.2 Å². The fraction of sp³-hybridized carbons (Fsp3) is 0.583. The second-order valence-electron chi connectivity index (χ2n) is 4.11. The summed E-state index contributed by atoms with van der Waals surface area (Å²) in [5.41, 5.74) is 6.57. The molecule has 0 amide bonds. The number of aromatic nitrogens is 1. The molecule has 1 fully saturated rings. The van der Waals surface area contributed by atoms with Crippen molar-refractivity contribution in [1.82, 2.24) is 9.88 Å². The average molecular weight is 220 g/mol. The number of likely N-dealkylation sites (N-methyl/N-ethyl adjacent to an activating group) is 1. The van der Waals surface area contributed by atoms with Crippen molar-refractivity contribution in [3.8, 4) is 0 Å². The maximum absolute atomic E-state index is 5.60. The molecular formula is C12H20N4. The summed E-state index contributed by atoms with van der Waals surface area (Å²) >= 11 is 0. The van der Waals surface area contributed by atoms with Gasteiger partial charge in [0.25, 0.3) is 0 Å². The van der Waals surface area contributed by atoms with E-state index in [9.17, 15) is 0 Å². The summed E-state index contributed by atoms with van der Waals surface area (Å²) in [7, 11) is 0. The lowest BCUT2D eigenvalue weighted by Gasteiger charge is -2.34. The Kier molecular flexibility index (Phi) is 3.74. The van der Waals surface area contributed by atoms with Gasteiger partial charge < -0.3 is 15.5 Å². The van der Waals surface area contributed by atoms with Crippen molar-refractivity contribution in [2.24, 2.45) is 5.73 Å². The molecule has 0 bridgehead atoms. The van der Waals surface area contributed by atoms with Crippen LogP contribution in [0.25, 0.3) is 0 Å². The van der Waals surface area contributed by atoms with Crippen molar-refractivity contribution in [3.63, 3.8) is 0 Å². The van der Waals surface area contributed by atoms with Gasteiger partial charge in [-0.25, -0.2) is 4.98 Å². The molecule has 1 aliphatic heterocycles. The number of pyridine rings is 1. The number of nitrogens with two attached hydrogens (primary N) is 1. The molecule has 0 aromatic carbocycles. The zero-order valence-electron chi connectivity index (χ0n) is 9.89. The van der Waals surface area contributed by atoms with E-state index in [1.54, 1.807) is 0 Å². The predicted octanol–water partition coefficient (Wildman–Crippen LogP) is 0.682. The molecule has 1 saturated heterocycles. The highest BCUT2D eigenvalue weighted by Crippen LogP contribution is 2.13. The van der Waals surface area contributed by atoms with Gasteiger partial charge in [0.1, 0.15) is 5.82 Å². The van der Waals surface area contributed by atoms with Crippen molar-refractivity contribution < 1.29 is 0 Å². The molecule has 0 unspecified atom stereocenters. The summed E-state index contributed by atoms with van der Waals surface area (Å²) in [6.45, 7) is 8.26. The Morgan fingerprint density at radius 1 is 1.25 bits per heavy atom. The molecule has 2 rings (SSSR count). The van der Waals surface area contributed by atoms with Crippen LogP contribution in [0.4, 0.5) is 5.82 Å². The van der Waals surface area contributed by atoms with Crippen molar-refractivity contribution in [1.29, 1.82) is 0 Å². The number of nitrogens with zero attached hydrogens (tertiary/aromatic N) is 3. The standard InChI is InChI=1S/C12H20N4/c1-2-15-6-8-16(9-7-15)12-5-3-4-11(10-13)14-12/h3-5H,2,6-10,13H2,1H3. The molecule has 1 aromatic heterocycles. The first-order valence-electron chi connectivity index (χ1n) is 5.96. The summed E-state index contributed by atoms with van der Waals surface area (Å²) in [6.07, 6.45) is 0. The Morgan fingerprint density at radius 3 is 2.62 bits per heavy atom. The predicted molar refractivity (Wildman–Crippen MR) is 66.5 cm³/mol. The lowest BCUT2D eigenvalue weighted by atomic mass is 10.3. The summed E-state index contributed by atoms with van der Waals surface area (Å²) in [6, 6.07) is 6.09. The van der Waals surface area contributed by atoms with E-state index in [1.807, 2.05) is 12.1 Å². The fourth-order valence-corrected chi connectivity index (χ4v) is 2.05. The first-order valence-corrected chi connectivity index (χ1v) is 5.96. The van der Waals surface area contributed by atoms with Gasteiger partial charge in [-0.3, -0.25) is 0 Å². The highest BCUT2D eigenvalue weighted by atomic mass is 15.3. The molecule has 0 spiro atoms. The van der Waals surface area contributed by atoms with E-state index >= 15 is 0 Å². The highest BCUT2D eigenvalue weighted by molar-refractivity contribution is 5.39. The Morgan fingerprint density at radius 2 is 2.00 bits per heavy atom. The van der Waals surface area contributed by atoms with Gasteiger partial charge in [0.05, 0.1) is 5.69 Å². The molecule has 0 atom stereocenters. The van der Waals surface area contributed by atoms with E-state index in [2.05, 4.69) is 27.8 Å². The molecule has 4 nitrogen and oxygen atoms in total. The monoisotopic (exact) mass is 220 g/mol. The van der Waals surface area contributed by atoms with Gasteiger partial charge in [0, 0.05) is 32.7 Å². The first kappa shape index (κ1) is 11.4. The Hall–Kier alpha value is -1.13. The third kappa shape index (κ3) is 2.51. The molecule has 1 aromatic rings. The van der Waals surface area contributed by atoms with Crippen molar-refractivity contribution >= 4 is 5.82 Å². The van der Waals surface area contributed by atoms with Crippen LogP contribution < -0.4 is 10.6 Å². The van der Waals surface area contributed by atoms with E-state index in [-0.39, 0.29) is 0 Å². The third-order valence-corrected chi connectivity index (χ3v) is 3.14. The fourth-order valence-electron chi connectivity index (χ4n) is 2.05. The molecule has 0 aliphatic carbocycles. The molecule has 0 radical (unpaired) electrons. The first-order chi connectivity index (χ1) is 7.83. The van der Waals surface area contributed by atoms with Gasteiger partial charge in [-0.05, 0) is 18.7 Å².